The van der Waals surface area contributed by atoms with E-state index >= 15 is 0 Å². The highest BCUT2D eigenvalue weighted by Crippen LogP contribution is 2.17. The Morgan fingerprint density at radius 2 is 0.729 bits per heavy atom. The van der Waals surface area contributed by atoms with E-state index < -0.39 is 34.0 Å². The van der Waals surface area contributed by atoms with Crippen LogP contribution in [0.5, 0.6) is 0 Å². The van der Waals surface area contributed by atoms with Gasteiger partial charge < -0.3 is 36.4 Å². The highest BCUT2D eigenvalue weighted by atomic mass is 16.3. The third-order valence-electron chi connectivity index (χ3n) is 12.0. The molecule has 340 valence electrons. The maximum Gasteiger partial charge on any atom is 0.253 e. The van der Waals surface area contributed by atoms with E-state index in [2.05, 4.69) is 44.9 Å². The van der Waals surface area contributed by atoms with Crippen molar-refractivity contribution in [3.05, 3.63) is 40.9 Å². The molecule has 2 rings (SSSR count). The highest BCUT2D eigenvalue weighted by Gasteiger charge is 2.23. The first-order valence-electron chi connectivity index (χ1n) is 24.0. The Hall–Kier alpha value is -2.80. The van der Waals surface area contributed by atoms with E-state index in [0.717, 1.165) is 58.2 Å². The van der Waals surface area contributed by atoms with Crippen molar-refractivity contribution in [3.8, 4) is 0 Å². The van der Waals surface area contributed by atoms with Crippen LogP contribution in [0, 0.1) is 0 Å². The van der Waals surface area contributed by atoms with E-state index in [4.69, 9.17) is 0 Å². The van der Waals surface area contributed by atoms with Crippen LogP contribution in [0.4, 0.5) is 22.7 Å². The lowest BCUT2D eigenvalue weighted by atomic mass is 10.1. The van der Waals surface area contributed by atoms with Crippen LogP contribution in [0.25, 0.3) is 0 Å². The molecule has 0 radical (unpaired) electrons. The van der Waals surface area contributed by atoms with E-state index in [1.54, 1.807) is 14.1 Å². The van der Waals surface area contributed by atoms with E-state index in [9.17, 15) is 29.4 Å². The average Bonchev–Trinajstić information content (AvgIpc) is 3.24. The van der Waals surface area contributed by atoms with Gasteiger partial charge in [-0.05, 0) is 38.8 Å². The zero-order chi connectivity index (χ0) is 43.1. The summed E-state index contributed by atoms with van der Waals surface area (Å²) in [5.41, 5.74) is -1.12. The second kappa shape index (κ2) is 32.9. The smallest absolute Gasteiger partial charge is 0.253 e. The molecule has 2 aromatic carbocycles. The third-order valence-corrected chi connectivity index (χ3v) is 12.0. The number of aliphatic hydroxyl groups excluding tert-OH is 2. The predicted molar refractivity (Wildman–Crippen MR) is 250 cm³/mol. The molecule has 2 aromatic rings. The molecule has 0 fully saturated rings. The molecule has 12 heteroatoms. The van der Waals surface area contributed by atoms with E-state index in [-0.39, 0.29) is 35.8 Å². The number of hydrogen-bond donors (Lipinski definition) is 6. The van der Waals surface area contributed by atoms with Crippen LogP contribution in [0.3, 0.4) is 0 Å². The van der Waals surface area contributed by atoms with Crippen molar-refractivity contribution < 1.29 is 10.2 Å². The van der Waals surface area contributed by atoms with Crippen molar-refractivity contribution in [3.63, 3.8) is 0 Å². The first kappa shape index (κ1) is 52.3. The second-order valence-electron chi connectivity index (χ2n) is 17.0. The normalized spacial score (nSPS) is 12.9. The van der Waals surface area contributed by atoms with Gasteiger partial charge in [-0.25, -0.2) is 0 Å². The summed E-state index contributed by atoms with van der Waals surface area (Å²) in [5.74, 6) is 0. The molecule has 0 heterocycles. The van der Waals surface area contributed by atoms with Crippen molar-refractivity contribution in [2.24, 2.45) is 0 Å². The summed E-state index contributed by atoms with van der Waals surface area (Å²) in [7, 11) is 3.22. The molecule has 0 bridgehead atoms. The summed E-state index contributed by atoms with van der Waals surface area (Å²) in [5, 5.41) is 33.9. The quantitative estimate of drug-likeness (QED) is 0.0218. The highest BCUT2D eigenvalue weighted by molar-refractivity contribution is 5.74. The molecule has 0 aliphatic carbocycles. The van der Waals surface area contributed by atoms with Gasteiger partial charge in [0.25, 0.3) is 21.7 Å². The minimum absolute atomic E-state index is 0.155. The summed E-state index contributed by atoms with van der Waals surface area (Å²) in [4.78, 5) is 52.3. The number of unbranched alkanes of at least 4 members (excludes halogenated alkanes) is 23. The number of anilines is 4. The maximum absolute atomic E-state index is 12.1. The van der Waals surface area contributed by atoms with Crippen LogP contribution in [0.15, 0.2) is 19.2 Å². The van der Waals surface area contributed by atoms with Gasteiger partial charge >= 0.3 is 0 Å². The molecular formula is C47H86N6O6. The zero-order valence-corrected chi connectivity index (χ0v) is 37.9. The maximum atomic E-state index is 12.1. The van der Waals surface area contributed by atoms with Gasteiger partial charge in [0.1, 0.15) is 29.0 Å². The third kappa shape index (κ3) is 21.0. The molecule has 0 aliphatic heterocycles. The Bertz CT molecular complexity index is 1490. The second-order valence-corrected chi connectivity index (χ2v) is 17.0. The fourth-order valence-corrected chi connectivity index (χ4v) is 8.19. The first-order valence-corrected chi connectivity index (χ1v) is 24.0. The molecule has 2 atom stereocenters. The summed E-state index contributed by atoms with van der Waals surface area (Å²) in [6.45, 7) is 8.43. The molecule has 0 saturated heterocycles. The number of hydrogen-bond acceptors (Lipinski definition) is 12. The molecular weight excluding hydrogens is 745 g/mol. The minimum Gasteiger partial charge on any atom is -0.390 e. The summed E-state index contributed by atoms with van der Waals surface area (Å²) in [6.07, 6.45) is 30.8. The van der Waals surface area contributed by atoms with Crippen LogP contribution >= 0.6 is 0 Å². The largest absolute Gasteiger partial charge is 0.390 e. The Morgan fingerprint density at radius 3 is 1.12 bits per heavy atom. The molecule has 0 aromatic heterocycles. The Morgan fingerprint density at radius 1 is 0.424 bits per heavy atom. The van der Waals surface area contributed by atoms with Gasteiger partial charge in [0.15, 0.2) is 0 Å². The fourth-order valence-electron chi connectivity index (χ4n) is 8.19. The van der Waals surface area contributed by atoms with Crippen LogP contribution < -0.4 is 43.0 Å². The lowest BCUT2D eigenvalue weighted by Crippen LogP contribution is -2.44. The minimum atomic E-state index is -0.806. The Balaban J connectivity index is 1.87. The molecule has 6 N–H and O–H groups in total. The number of nitrogens with zero attached hydrogens (tertiary/aromatic N) is 2. The van der Waals surface area contributed by atoms with Crippen molar-refractivity contribution in [1.82, 2.24) is 9.80 Å². The summed E-state index contributed by atoms with van der Waals surface area (Å²) in [6, 6.07) is 0. The Kier molecular flexibility index (Phi) is 29.2. The molecule has 0 aliphatic rings. The average molecular weight is 831 g/mol. The molecule has 12 nitrogen and oxygen atoms in total. The van der Waals surface area contributed by atoms with Crippen LogP contribution in [0.1, 0.15) is 181 Å². The van der Waals surface area contributed by atoms with Gasteiger partial charge in [0.2, 0.25) is 0 Å². The molecule has 0 amide bonds. The van der Waals surface area contributed by atoms with Gasteiger partial charge in [-0.2, -0.15) is 0 Å². The van der Waals surface area contributed by atoms with E-state index in [1.807, 2.05) is 0 Å². The fraction of sp³-hybridized carbons (Fsp3) is 0.830. The van der Waals surface area contributed by atoms with Gasteiger partial charge in [-0.1, -0.05) is 155 Å². The monoisotopic (exact) mass is 831 g/mol. The Labute approximate surface area is 357 Å². The topological polar surface area (TPSA) is 163 Å². The number of rotatable bonds is 42. The molecule has 0 saturated carbocycles. The zero-order valence-electron chi connectivity index (χ0n) is 37.9. The summed E-state index contributed by atoms with van der Waals surface area (Å²) >= 11 is 0. The van der Waals surface area contributed by atoms with Crippen molar-refractivity contribution in [2.45, 2.75) is 193 Å². The van der Waals surface area contributed by atoms with E-state index in [0.29, 0.717) is 13.1 Å². The lowest BCUT2D eigenvalue weighted by molar-refractivity contribution is 0.0112. The van der Waals surface area contributed by atoms with Crippen LogP contribution in [-0.2, 0) is 0 Å². The van der Waals surface area contributed by atoms with Crippen LogP contribution in [0.2, 0.25) is 0 Å². The van der Waals surface area contributed by atoms with Gasteiger partial charge in [-0.3, -0.25) is 24.1 Å². The van der Waals surface area contributed by atoms with Crippen molar-refractivity contribution in [1.29, 1.82) is 0 Å². The van der Waals surface area contributed by atoms with Gasteiger partial charge in [-0.15, -0.1) is 0 Å². The van der Waals surface area contributed by atoms with Crippen LogP contribution in [-0.4, -0.2) is 92.3 Å². The van der Waals surface area contributed by atoms with Crippen molar-refractivity contribution >= 4 is 22.7 Å². The standard InChI is InChI=1S/C47H86N6O6/c1-5-7-9-11-13-15-17-19-21-23-25-27-31-52(37-38(54)35-50-42-40(48-3)44(56)46(42)58)32-29-30-34-53(39(55)36-51-43-41(49-4)45(57)47(43)59)33-28-26-24-22-20-18-16-14-12-10-8-6-2/h38-39,48-51,54-55H,5-37H2,1-4H3. The number of aliphatic hydroxyl groups is 2. The first-order chi connectivity index (χ1) is 28.7. The summed E-state index contributed by atoms with van der Waals surface area (Å²) < 4.78 is 0. The predicted octanol–water partition coefficient (Wildman–Crippen LogP) is 7.95. The SMILES string of the molecule is CCCCCCCCCCCCCCN(CCCCN(CCCCCCCCCCCCCC)C(O)CNc1c(NC)c(=O)c1=O)CC(O)CNc1c(NC)c(=O)c1=O. The molecule has 59 heavy (non-hydrogen) atoms. The van der Waals surface area contributed by atoms with Crippen molar-refractivity contribution in [2.75, 3.05) is 81.2 Å². The molecule has 2 unspecified atom stereocenters. The van der Waals surface area contributed by atoms with Gasteiger partial charge in [0, 0.05) is 40.3 Å². The lowest BCUT2D eigenvalue weighted by Gasteiger charge is -2.30. The van der Waals surface area contributed by atoms with E-state index in [1.165, 1.54) is 128 Å². The molecule has 0 spiro atoms. The van der Waals surface area contributed by atoms with Gasteiger partial charge in [0.05, 0.1) is 12.6 Å². The number of nitrogens with one attached hydrogen (secondary N) is 4.